The van der Waals surface area contributed by atoms with Gasteiger partial charge in [0.2, 0.25) is 0 Å². The van der Waals surface area contributed by atoms with E-state index in [9.17, 15) is 9.59 Å². The average Bonchev–Trinajstić information content (AvgIpc) is 2.84. The summed E-state index contributed by atoms with van der Waals surface area (Å²) in [6.07, 6.45) is 0.232. The zero-order valence-electron chi connectivity index (χ0n) is 14.1. The minimum atomic E-state index is -0.425. The number of hydrogen-bond donors (Lipinski definition) is 1. The number of esters is 1. The van der Waals surface area contributed by atoms with Crippen LogP contribution in [0.5, 0.6) is 0 Å². The smallest absolute Gasteiger partial charge is 0.348 e. The van der Waals surface area contributed by atoms with Crippen molar-refractivity contribution in [3.63, 3.8) is 0 Å². The molecule has 0 spiro atoms. The van der Waals surface area contributed by atoms with Gasteiger partial charge in [-0.25, -0.2) is 9.78 Å². The number of carbonyl (C=O) groups excluding carboxylic acids is 1. The highest BCUT2D eigenvalue weighted by atomic mass is 35.5. The minimum absolute atomic E-state index is 0.221. The van der Waals surface area contributed by atoms with Crippen LogP contribution >= 0.6 is 22.9 Å². The lowest BCUT2D eigenvalue weighted by atomic mass is 10.1. The van der Waals surface area contributed by atoms with Gasteiger partial charge < -0.3 is 9.72 Å². The fourth-order valence-corrected chi connectivity index (χ4v) is 3.87. The van der Waals surface area contributed by atoms with E-state index in [1.54, 1.807) is 26.8 Å². The third-order valence-corrected chi connectivity index (χ3v) is 5.04. The van der Waals surface area contributed by atoms with E-state index >= 15 is 0 Å². The highest BCUT2D eigenvalue weighted by Gasteiger charge is 2.21. The highest BCUT2D eigenvalue weighted by Crippen LogP contribution is 2.28. The molecule has 2 heterocycles. The Kier molecular flexibility index (Phi) is 4.92. The van der Waals surface area contributed by atoms with Gasteiger partial charge in [0.15, 0.2) is 0 Å². The molecule has 0 atom stereocenters. The van der Waals surface area contributed by atoms with Gasteiger partial charge in [-0.1, -0.05) is 23.7 Å². The van der Waals surface area contributed by atoms with Gasteiger partial charge in [-0.3, -0.25) is 4.79 Å². The van der Waals surface area contributed by atoms with Crippen molar-refractivity contribution < 1.29 is 9.53 Å². The lowest BCUT2D eigenvalue weighted by Crippen LogP contribution is -2.13. The van der Waals surface area contributed by atoms with E-state index in [2.05, 4.69) is 9.97 Å². The maximum atomic E-state index is 12.5. The Morgan fingerprint density at radius 3 is 2.84 bits per heavy atom. The summed E-state index contributed by atoms with van der Waals surface area (Å²) in [7, 11) is 0. The first kappa shape index (κ1) is 17.6. The van der Waals surface area contributed by atoms with Crippen molar-refractivity contribution in [1.82, 2.24) is 9.97 Å². The molecular formula is C18H17ClN2O3S. The lowest BCUT2D eigenvalue weighted by molar-refractivity contribution is 0.0383. The molecule has 2 aromatic heterocycles. The third kappa shape index (κ3) is 3.75. The van der Waals surface area contributed by atoms with Gasteiger partial charge in [-0.05, 0) is 44.0 Å². The molecule has 5 nitrogen and oxygen atoms in total. The molecule has 1 N–H and O–H groups in total. The van der Waals surface area contributed by atoms with Gasteiger partial charge in [0, 0.05) is 11.4 Å². The lowest BCUT2D eigenvalue weighted by Gasteiger charge is -2.06. The Hall–Kier alpha value is -2.18. The number of aryl methyl sites for hydroxylation is 1. The predicted molar refractivity (Wildman–Crippen MR) is 99.8 cm³/mol. The Bertz CT molecular complexity index is 1010. The van der Waals surface area contributed by atoms with Gasteiger partial charge in [-0.15, -0.1) is 11.3 Å². The summed E-state index contributed by atoms with van der Waals surface area (Å²) in [4.78, 5) is 32.9. The van der Waals surface area contributed by atoms with Crippen molar-refractivity contribution in [1.29, 1.82) is 0 Å². The van der Waals surface area contributed by atoms with Crippen molar-refractivity contribution in [3.05, 3.63) is 61.5 Å². The van der Waals surface area contributed by atoms with Crippen molar-refractivity contribution in [2.24, 2.45) is 0 Å². The first-order valence-electron chi connectivity index (χ1n) is 7.83. The molecule has 0 aliphatic rings. The Morgan fingerprint density at radius 1 is 1.40 bits per heavy atom. The second-order valence-corrected chi connectivity index (χ2v) is 7.45. The number of benzene rings is 1. The summed E-state index contributed by atoms with van der Waals surface area (Å²) < 4.78 is 5.24. The average molecular weight is 377 g/mol. The van der Waals surface area contributed by atoms with E-state index < -0.39 is 5.97 Å². The van der Waals surface area contributed by atoms with Crippen LogP contribution in [-0.4, -0.2) is 22.0 Å². The summed E-state index contributed by atoms with van der Waals surface area (Å²) in [5.74, 6) is 0.107. The Balaban J connectivity index is 2.02. The molecule has 7 heteroatoms. The first-order chi connectivity index (χ1) is 11.8. The SMILES string of the molecule is Cc1c(C(=O)OC(C)C)sc2nc(Cc3cccc(Cl)c3)[nH]c(=O)c12. The standard InChI is InChI=1S/C18H17ClN2O3S/c1-9(2)24-18(23)15-10(3)14-16(22)20-13(21-17(14)25-15)8-11-5-4-6-12(19)7-11/h4-7,9H,8H2,1-3H3,(H,20,21,22). The Labute approximate surface area is 153 Å². The number of halogens is 1. The van der Waals surface area contributed by atoms with Gasteiger partial charge in [-0.2, -0.15) is 0 Å². The molecule has 0 aliphatic carbocycles. The molecule has 0 saturated heterocycles. The quantitative estimate of drug-likeness (QED) is 0.696. The molecule has 0 radical (unpaired) electrons. The molecule has 0 fully saturated rings. The topological polar surface area (TPSA) is 72.0 Å². The van der Waals surface area contributed by atoms with Gasteiger partial charge in [0.05, 0.1) is 11.5 Å². The van der Waals surface area contributed by atoms with Crippen LogP contribution in [0.3, 0.4) is 0 Å². The fourth-order valence-electron chi connectivity index (χ4n) is 2.57. The maximum Gasteiger partial charge on any atom is 0.348 e. The van der Waals surface area contributed by atoms with Crippen LogP contribution < -0.4 is 5.56 Å². The van der Waals surface area contributed by atoms with Crippen LogP contribution in [0.15, 0.2) is 29.1 Å². The number of hydrogen-bond acceptors (Lipinski definition) is 5. The molecule has 0 unspecified atom stereocenters. The highest BCUT2D eigenvalue weighted by molar-refractivity contribution is 7.20. The normalized spacial score (nSPS) is 11.2. The van der Waals surface area contributed by atoms with Crippen LogP contribution in [0, 0.1) is 6.92 Å². The molecule has 25 heavy (non-hydrogen) atoms. The molecule has 0 aliphatic heterocycles. The molecule has 130 valence electrons. The van der Waals surface area contributed by atoms with E-state index in [0.717, 1.165) is 5.56 Å². The number of fused-ring (bicyclic) bond motifs is 1. The summed E-state index contributed by atoms with van der Waals surface area (Å²) in [6.45, 7) is 5.31. The monoisotopic (exact) mass is 376 g/mol. The van der Waals surface area contributed by atoms with E-state index in [1.165, 1.54) is 11.3 Å². The van der Waals surface area contributed by atoms with E-state index in [-0.39, 0.29) is 11.7 Å². The summed E-state index contributed by atoms with van der Waals surface area (Å²) in [6, 6.07) is 7.39. The van der Waals surface area contributed by atoms with E-state index in [0.29, 0.717) is 37.9 Å². The van der Waals surface area contributed by atoms with Crippen LogP contribution in [0.25, 0.3) is 10.2 Å². The Morgan fingerprint density at radius 2 is 2.16 bits per heavy atom. The molecular weight excluding hydrogens is 360 g/mol. The second kappa shape index (κ2) is 6.98. The maximum absolute atomic E-state index is 12.5. The summed E-state index contributed by atoms with van der Waals surface area (Å²) in [5, 5.41) is 1.07. The number of H-pyrrole nitrogens is 1. The third-order valence-electron chi connectivity index (χ3n) is 3.64. The van der Waals surface area contributed by atoms with E-state index in [1.807, 2.05) is 18.2 Å². The van der Waals surface area contributed by atoms with Crippen LogP contribution in [0.2, 0.25) is 5.02 Å². The number of aromatic amines is 1. The van der Waals surface area contributed by atoms with Crippen molar-refractivity contribution in [2.45, 2.75) is 33.3 Å². The second-order valence-electron chi connectivity index (χ2n) is 6.01. The number of carbonyl (C=O) groups is 1. The number of thiophene rings is 1. The fraction of sp³-hybridized carbons (Fsp3) is 0.278. The number of nitrogens with zero attached hydrogens (tertiary/aromatic N) is 1. The molecule has 3 aromatic rings. The number of ether oxygens (including phenoxy) is 1. The molecule has 1 aromatic carbocycles. The number of nitrogens with one attached hydrogen (secondary N) is 1. The van der Waals surface area contributed by atoms with Crippen molar-refractivity contribution >= 4 is 39.1 Å². The van der Waals surface area contributed by atoms with Crippen LogP contribution in [0.4, 0.5) is 0 Å². The van der Waals surface area contributed by atoms with Crippen molar-refractivity contribution in [3.8, 4) is 0 Å². The number of aromatic nitrogens is 2. The molecule has 3 rings (SSSR count). The largest absolute Gasteiger partial charge is 0.459 e. The van der Waals surface area contributed by atoms with Crippen LogP contribution in [-0.2, 0) is 11.2 Å². The van der Waals surface area contributed by atoms with Crippen molar-refractivity contribution in [2.75, 3.05) is 0 Å². The van der Waals surface area contributed by atoms with Gasteiger partial charge in [0.25, 0.3) is 5.56 Å². The molecule has 0 bridgehead atoms. The zero-order chi connectivity index (χ0) is 18.1. The number of rotatable bonds is 4. The molecule has 0 amide bonds. The predicted octanol–water partition coefficient (Wildman–Crippen LogP) is 4.10. The molecule has 0 saturated carbocycles. The van der Waals surface area contributed by atoms with Gasteiger partial charge >= 0.3 is 5.97 Å². The summed E-state index contributed by atoms with van der Waals surface area (Å²) in [5.41, 5.74) is 1.30. The van der Waals surface area contributed by atoms with E-state index in [4.69, 9.17) is 16.3 Å². The van der Waals surface area contributed by atoms with Crippen LogP contribution in [0.1, 0.15) is 40.5 Å². The minimum Gasteiger partial charge on any atom is -0.459 e. The first-order valence-corrected chi connectivity index (χ1v) is 9.02. The van der Waals surface area contributed by atoms with Gasteiger partial charge in [0.1, 0.15) is 15.5 Å². The summed E-state index contributed by atoms with van der Waals surface area (Å²) >= 11 is 7.18. The zero-order valence-corrected chi connectivity index (χ0v) is 15.6.